The topological polar surface area (TPSA) is 80.4 Å². The summed E-state index contributed by atoms with van der Waals surface area (Å²) >= 11 is 0. The Bertz CT molecular complexity index is 957. The van der Waals surface area contributed by atoms with E-state index < -0.39 is 5.67 Å². The SMILES string of the molecule is Cc1ccc(C(C=NCCC(C)(C)F)=CN)c(-c2ccc3c(c2)C(=O)NC3)n1. The van der Waals surface area contributed by atoms with Gasteiger partial charge >= 0.3 is 0 Å². The normalized spacial score (nSPS) is 14.4. The number of hydrogen-bond acceptors (Lipinski definition) is 4. The number of nitrogens with one attached hydrogen (secondary N) is 1. The van der Waals surface area contributed by atoms with E-state index >= 15 is 0 Å². The Hall–Kier alpha value is -3.02. The number of aromatic nitrogens is 1. The Kier molecular flexibility index (Phi) is 5.58. The molecule has 2 heterocycles. The van der Waals surface area contributed by atoms with Gasteiger partial charge in [0.05, 0.1) is 5.69 Å². The number of allylic oxidation sites excluding steroid dienone is 1. The van der Waals surface area contributed by atoms with Crippen LogP contribution in [0.2, 0.25) is 0 Å². The van der Waals surface area contributed by atoms with Crippen molar-refractivity contribution >= 4 is 17.7 Å². The van der Waals surface area contributed by atoms with E-state index in [1.54, 1.807) is 6.21 Å². The molecule has 0 atom stereocenters. The van der Waals surface area contributed by atoms with Crippen LogP contribution < -0.4 is 11.1 Å². The molecule has 0 saturated heterocycles. The quantitative estimate of drug-likeness (QED) is 0.748. The lowest BCUT2D eigenvalue weighted by atomic mass is 9.97. The number of fused-ring (bicyclic) bond motifs is 1. The van der Waals surface area contributed by atoms with Crippen molar-refractivity contribution in [3.05, 3.63) is 58.9 Å². The monoisotopic (exact) mass is 380 g/mol. The molecule has 28 heavy (non-hydrogen) atoms. The van der Waals surface area contributed by atoms with Crippen molar-refractivity contribution in [2.45, 2.75) is 39.4 Å². The highest BCUT2D eigenvalue weighted by Crippen LogP contribution is 2.29. The molecular weight excluding hydrogens is 355 g/mol. The van der Waals surface area contributed by atoms with Crippen LogP contribution in [-0.2, 0) is 6.54 Å². The molecule has 1 aliphatic rings. The maximum absolute atomic E-state index is 13.6. The molecule has 1 aromatic heterocycles. The lowest BCUT2D eigenvalue weighted by molar-refractivity contribution is 0.0965. The van der Waals surface area contributed by atoms with Gasteiger partial charge in [-0.05, 0) is 38.5 Å². The third-order valence-corrected chi connectivity index (χ3v) is 4.66. The first kappa shape index (κ1) is 19.7. The smallest absolute Gasteiger partial charge is 0.251 e. The first-order valence-electron chi connectivity index (χ1n) is 9.28. The second-order valence-corrected chi connectivity index (χ2v) is 7.53. The van der Waals surface area contributed by atoms with Crippen LogP contribution in [0.25, 0.3) is 16.8 Å². The second-order valence-electron chi connectivity index (χ2n) is 7.53. The Morgan fingerprint density at radius 2 is 2.14 bits per heavy atom. The highest BCUT2D eigenvalue weighted by molar-refractivity contribution is 6.12. The number of amides is 1. The fraction of sp³-hybridized carbons (Fsp3) is 0.318. The van der Waals surface area contributed by atoms with Gasteiger partial charge in [-0.3, -0.25) is 14.8 Å². The predicted molar refractivity (Wildman–Crippen MR) is 111 cm³/mol. The summed E-state index contributed by atoms with van der Waals surface area (Å²) in [6.07, 6.45) is 3.46. The first-order chi connectivity index (χ1) is 13.3. The van der Waals surface area contributed by atoms with Crippen LogP contribution in [0.3, 0.4) is 0 Å². The van der Waals surface area contributed by atoms with Gasteiger partial charge in [0.2, 0.25) is 0 Å². The van der Waals surface area contributed by atoms with Crippen molar-refractivity contribution < 1.29 is 9.18 Å². The fourth-order valence-corrected chi connectivity index (χ4v) is 3.07. The fourth-order valence-electron chi connectivity index (χ4n) is 3.07. The van der Waals surface area contributed by atoms with E-state index in [9.17, 15) is 9.18 Å². The third-order valence-electron chi connectivity index (χ3n) is 4.66. The average molecular weight is 380 g/mol. The summed E-state index contributed by atoms with van der Waals surface area (Å²) in [5.74, 6) is -0.0731. The van der Waals surface area contributed by atoms with Crippen molar-refractivity contribution in [1.29, 1.82) is 0 Å². The average Bonchev–Trinajstić information content (AvgIpc) is 3.02. The van der Waals surface area contributed by atoms with Gasteiger partial charge in [0.25, 0.3) is 5.91 Å². The number of hydrogen-bond donors (Lipinski definition) is 2. The first-order valence-corrected chi connectivity index (χ1v) is 9.28. The molecule has 3 N–H and O–H groups in total. The van der Waals surface area contributed by atoms with Crippen LogP contribution in [0.1, 0.15) is 47.4 Å². The second kappa shape index (κ2) is 7.92. The molecule has 1 aliphatic heterocycles. The maximum atomic E-state index is 13.6. The van der Waals surface area contributed by atoms with Gasteiger partial charge in [0, 0.05) is 59.9 Å². The molecule has 0 unspecified atom stereocenters. The minimum absolute atomic E-state index is 0.0731. The Labute approximate surface area is 164 Å². The molecular formula is C22H25FN4O. The Morgan fingerprint density at radius 3 is 2.86 bits per heavy atom. The molecule has 0 fully saturated rings. The van der Waals surface area contributed by atoms with Crippen molar-refractivity contribution in [3.63, 3.8) is 0 Å². The molecule has 6 heteroatoms. The molecule has 1 amide bonds. The lowest BCUT2D eigenvalue weighted by Gasteiger charge is -2.13. The molecule has 0 bridgehead atoms. The zero-order chi connectivity index (χ0) is 20.3. The van der Waals surface area contributed by atoms with Crippen LogP contribution in [0.4, 0.5) is 4.39 Å². The highest BCUT2D eigenvalue weighted by Gasteiger charge is 2.20. The van der Waals surface area contributed by atoms with Crippen LogP contribution in [0, 0.1) is 6.92 Å². The van der Waals surface area contributed by atoms with E-state index in [-0.39, 0.29) is 5.91 Å². The summed E-state index contributed by atoms with van der Waals surface area (Å²) in [4.78, 5) is 21.0. The molecule has 2 aromatic rings. The third kappa shape index (κ3) is 4.44. The van der Waals surface area contributed by atoms with Crippen molar-refractivity contribution in [2.24, 2.45) is 10.7 Å². The number of alkyl halides is 1. The number of aryl methyl sites for hydroxylation is 1. The number of nitrogens with zero attached hydrogens (tertiary/aromatic N) is 2. The van der Waals surface area contributed by atoms with Crippen molar-refractivity contribution in [3.8, 4) is 11.3 Å². The number of halogens is 1. The van der Waals surface area contributed by atoms with Crippen LogP contribution >= 0.6 is 0 Å². The van der Waals surface area contributed by atoms with Crippen LogP contribution in [0.5, 0.6) is 0 Å². The molecule has 3 rings (SSSR count). The number of nitrogens with two attached hydrogens (primary N) is 1. The number of benzene rings is 1. The summed E-state index contributed by atoms with van der Waals surface area (Å²) in [7, 11) is 0. The molecule has 0 saturated carbocycles. The number of aliphatic imine (C=N–C) groups is 1. The largest absolute Gasteiger partial charge is 0.404 e. The van der Waals surface area contributed by atoms with E-state index in [1.165, 1.54) is 20.0 Å². The minimum Gasteiger partial charge on any atom is -0.404 e. The lowest BCUT2D eigenvalue weighted by Crippen LogP contribution is -2.13. The predicted octanol–water partition coefficient (Wildman–Crippen LogP) is 3.81. The van der Waals surface area contributed by atoms with E-state index in [0.29, 0.717) is 30.6 Å². The number of carbonyl (C=O) groups is 1. The Morgan fingerprint density at radius 1 is 1.36 bits per heavy atom. The number of rotatable bonds is 6. The van der Waals surface area contributed by atoms with Gasteiger partial charge in [-0.1, -0.05) is 18.2 Å². The Balaban J connectivity index is 1.96. The van der Waals surface area contributed by atoms with Crippen molar-refractivity contribution in [1.82, 2.24) is 10.3 Å². The van der Waals surface area contributed by atoms with E-state index in [4.69, 9.17) is 5.73 Å². The summed E-state index contributed by atoms with van der Waals surface area (Å²) in [5, 5.41) is 2.83. The summed E-state index contributed by atoms with van der Waals surface area (Å²) in [5.41, 5.74) is 10.2. The minimum atomic E-state index is -1.26. The summed E-state index contributed by atoms with van der Waals surface area (Å²) in [6.45, 7) is 5.90. The summed E-state index contributed by atoms with van der Waals surface area (Å²) < 4.78 is 13.6. The highest BCUT2D eigenvalue weighted by atomic mass is 19.1. The molecule has 5 nitrogen and oxygen atoms in total. The van der Waals surface area contributed by atoms with Gasteiger partial charge in [0.15, 0.2) is 0 Å². The number of carbonyl (C=O) groups excluding carboxylic acids is 1. The van der Waals surface area contributed by atoms with Crippen molar-refractivity contribution in [2.75, 3.05) is 6.54 Å². The van der Waals surface area contributed by atoms with E-state index in [2.05, 4.69) is 15.3 Å². The molecule has 146 valence electrons. The van der Waals surface area contributed by atoms with Gasteiger partial charge in [-0.2, -0.15) is 0 Å². The van der Waals surface area contributed by atoms with E-state index in [1.807, 2.05) is 37.3 Å². The van der Waals surface area contributed by atoms with Gasteiger partial charge in [-0.25, -0.2) is 4.39 Å². The number of pyridine rings is 1. The molecule has 0 spiro atoms. The van der Waals surface area contributed by atoms with Crippen LogP contribution in [-0.4, -0.2) is 29.3 Å². The molecule has 0 aliphatic carbocycles. The summed E-state index contributed by atoms with van der Waals surface area (Å²) in [6, 6.07) is 9.61. The van der Waals surface area contributed by atoms with Gasteiger partial charge in [-0.15, -0.1) is 0 Å². The van der Waals surface area contributed by atoms with E-state index in [0.717, 1.165) is 28.1 Å². The molecule has 1 aromatic carbocycles. The molecule has 0 radical (unpaired) electrons. The van der Waals surface area contributed by atoms with Gasteiger partial charge < -0.3 is 11.1 Å². The van der Waals surface area contributed by atoms with Gasteiger partial charge in [0.1, 0.15) is 5.67 Å². The van der Waals surface area contributed by atoms with Crippen LogP contribution in [0.15, 0.2) is 41.5 Å². The zero-order valence-electron chi connectivity index (χ0n) is 16.4. The zero-order valence-corrected chi connectivity index (χ0v) is 16.4. The standard InChI is InChI=1S/C22H25FN4O/c1-14-4-7-18(17(11-24)12-25-9-8-22(2,3)23)20(27-14)15-5-6-16-13-26-21(28)19(16)10-15/h4-7,10-12H,8-9,13,24H2,1-3H3,(H,26,28). The maximum Gasteiger partial charge on any atom is 0.251 e.